The van der Waals surface area contributed by atoms with E-state index >= 15 is 0 Å². The SMILES string of the molecule is Cc1ccc(CC(=O)N(C)CC(C)C(N)=S)cc1C. The monoisotopic (exact) mass is 278 g/mol. The first kappa shape index (κ1) is 15.6. The summed E-state index contributed by atoms with van der Waals surface area (Å²) < 4.78 is 0. The number of rotatable bonds is 5. The van der Waals surface area contributed by atoms with Crippen molar-refractivity contribution >= 4 is 23.1 Å². The lowest BCUT2D eigenvalue weighted by Gasteiger charge is -2.21. The molecule has 0 saturated heterocycles. The first-order valence-corrected chi connectivity index (χ1v) is 6.81. The zero-order chi connectivity index (χ0) is 14.6. The summed E-state index contributed by atoms with van der Waals surface area (Å²) in [5, 5.41) is 0. The van der Waals surface area contributed by atoms with Crippen molar-refractivity contribution in [3.63, 3.8) is 0 Å². The van der Waals surface area contributed by atoms with Crippen LogP contribution in [0.15, 0.2) is 18.2 Å². The zero-order valence-electron chi connectivity index (χ0n) is 12.1. The molecule has 1 amide bonds. The number of carbonyl (C=O) groups is 1. The normalized spacial score (nSPS) is 12.0. The van der Waals surface area contributed by atoms with Crippen LogP contribution >= 0.6 is 12.2 Å². The quantitative estimate of drug-likeness (QED) is 0.840. The molecular weight excluding hydrogens is 256 g/mol. The van der Waals surface area contributed by atoms with Crippen LogP contribution in [-0.4, -0.2) is 29.4 Å². The van der Waals surface area contributed by atoms with E-state index in [1.807, 2.05) is 13.0 Å². The van der Waals surface area contributed by atoms with Gasteiger partial charge in [0.2, 0.25) is 5.91 Å². The molecule has 0 aliphatic carbocycles. The Bertz CT molecular complexity index is 485. The fourth-order valence-corrected chi connectivity index (χ4v) is 1.90. The van der Waals surface area contributed by atoms with Crippen LogP contribution in [0, 0.1) is 19.8 Å². The van der Waals surface area contributed by atoms with E-state index in [2.05, 4.69) is 26.0 Å². The van der Waals surface area contributed by atoms with E-state index in [4.69, 9.17) is 18.0 Å². The van der Waals surface area contributed by atoms with Gasteiger partial charge in [0.05, 0.1) is 11.4 Å². The zero-order valence-corrected chi connectivity index (χ0v) is 12.9. The highest BCUT2D eigenvalue weighted by Gasteiger charge is 2.14. The van der Waals surface area contributed by atoms with Crippen LogP contribution in [0.4, 0.5) is 0 Å². The van der Waals surface area contributed by atoms with E-state index in [9.17, 15) is 4.79 Å². The Morgan fingerprint density at radius 1 is 1.37 bits per heavy atom. The van der Waals surface area contributed by atoms with Crippen molar-refractivity contribution < 1.29 is 4.79 Å². The van der Waals surface area contributed by atoms with Crippen LogP contribution in [0.1, 0.15) is 23.6 Å². The lowest BCUT2D eigenvalue weighted by atomic mass is 10.0. The highest BCUT2D eigenvalue weighted by molar-refractivity contribution is 7.80. The molecule has 19 heavy (non-hydrogen) atoms. The van der Waals surface area contributed by atoms with Gasteiger partial charge in [-0.15, -0.1) is 0 Å². The third kappa shape index (κ3) is 4.63. The van der Waals surface area contributed by atoms with Crippen LogP contribution in [0.2, 0.25) is 0 Å². The molecule has 3 nitrogen and oxygen atoms in total. The van der Waals surface area contributed by atoms with Crippen LogP contribution in [0.5, 0.6) is 0 Å². The summed E-state index contributed by atoms with van der Waals surface area (Å²) in [5.74, 6) is 0.134. The molecule has 0 spiro atoms. The van der Waals surface area contributed by atoms with Gasteiger partial charge in [0.25, 0.3) is 0 Å². The molecule has 4 heteroatoms. The van der Waals surface area contributed by atoms with Gasteiger partial charge in [-0.25, -0.2) is 0 Å². The third-order valence-electron chi connectivity index (χ3n) is 3.39. The van der Waals surface area contributed by atoms with Gasteiger partial charge in [-0.05, 0) is 30.5 Å². The van der Waals surface area contributed by atoms with E-state index in [0.717, 1.165) is 5.56 Å². The average Bonchev–Trinajstić information content (AvgIpc) is 2.33. The van der Waals surface area contributed by atoms with Crippen LogP contribution in [0.3, 0.4) is 0 Å². The second-order valence-corrected chi connectivity index (χ2v) is 5.64. The largest absolute Gasteiger partial charge is 0.393 e. The number of thiocarbonyl (C=S) groups is 1. The van der Waals surface area contributed by atoms with Crippen molar-refractivity contribution in [3.05, 3.63) is 34.9 Å². The molecule has 1 atom stereocenters. The summed E-state index contributed by atoms with van der Waals surface area (Å²) in [6, 6.07) is 6.12. The Kier molecular flexibility index (Phi) is 5.48. The van der Waals surface area contributed by atoms with E-state index in [-0.39, 0.29) is 11.8 Å². The van der Waals surface area contributed by atoms with Gasteiger partial charge in [0.15, 0.2) is 0 Å². The minimum Gasteiger partial charge on any atom is -0.393 e. The smallest absolute Gasteiger partial charge is 0.226 e. The molecule has 0 aliphatic heterocycles. The fourth-order valence-electron chi connectivity index (χ4n) is 1.83. The molecule has 1 aromatic rings. The maximum absolute atomic E-state index is 12.1. The van der Waals surface area contributed by atoms with Crippen LogP contribution < -0.4 is 5.73 Å². The van der Waals surface area contributed by atoms with Gasteiger partial charge in [-0.2, -0.15) is 0 Å². The van der Waals surface area contributed by atoms with Crippen molar-refractivity contribution in [1.82, 2.24) is 4.90 Å². The van der Waals surface area contributed by atoms with Crippen LogP contribution in [-0.2, 0) is 11.2 Å². The Morgan fingerprint density at radius 2 is 2.00 bits per heavy atom. The number of benzene rings is 1. The molecule has 0 saturated carbocycles. The molecule has 0 radical (unpaired) electrons. The van der Waals surface area contributed by atoms with Gasteiger partial charge < -0.3 is 10.6 Å². The first-order chi connectivity index (χ1) is 8.81. The minimum absolute atomic E-state index is 0.0451. The van der Waals surface area contributed by atoms with Crippen molar-refractivity contribution in [2.45, 2.75) is 27.2 Å². The van der Waals surface area contributed by atoms with Gasteiger partial charge >= 0.3 is 0 Å². The van der Waals surface area contributed by atoms with Gasteiger partial charge in [0.1, 0.15) is 0 Å². The Hall–Kier alpha value is -1.42. The van der Waals surface area contributed by atoms with Gasteiger partial charge in [-0.3, -0.25) is 4.79 Å². The molecule has 1 unspecified atom stereocenters. The summed E-state index contributed by atoms with van der Waals surface area (Å²) in [6.07, 6.45) is 0.418. The van der Waals surface area contributed by atoms with Crippen LogP contribution in [0.25, 0.3) is 0 Å². The molecule has 0 bridgehead atoms. The standard InChI is InChI=1S/C15H22N2OS/c1-10-5-6-13(7-11(10)2)8-14(18)17(4)9-12(3)15(16)19/h5-7,12H,8-9H2,1-4H3,(H2,16,19). The van der Waals surface area contributed by atoms with Crippen molar-refractivity contribution in [1.29, 1.82) is 0 Å². The minimum atomic E-state index is 0.0451. The molecule has 0 aromatic heterocycles. The average molecular weight is 278 g/mol. The first-order valence-electron chi connectivity index (χ1n) is 6.40. The van der Waals surface area contributed by atoms with Crippen molar-refractivity contribution in [3.8, 4) is 0 Å². The number of nitrogens with two attached hydrogens (primary N) is 1. The topological polar surface area (TPSA) is 46.3 Å². The number of hydrogen-bond acceptors (Lipinski definition) is 2. The predicted molar refractivity (Wildman–Crippen MR) is 83.2 cm³/mol. The fraction of sp³-hybridized carbons (Fsp3) is 0.467. The van der Waals surface area contributed by atoms with E-state index < -0.39 is 0 Å². The molecule has 0 heterocycles. The van der Waals surface area contributed by atoms with E-state index in [1.165, 1.54) is 11.1 Å². The van der Waals surface area contributed by atoms with E-state index in [0.29, 0.717) is 18.0 Å². The summed E-state index contributed by atoms with van der Waals surface area (Å²) in [4.78, 5) is 14.3. The van der Waals surface area contributed by atoms with Crippen molar-refractivity contribution in [2.24, 2.45) is 11.7 Å². The number of amides is 1. The summed E-state index contributed by atoms with van der Waals surface area (Å²) in [6.45, 7) is 6.63. The molecule has 104 valence electrons. The Labute approximate surface area is 120 Å². The number of likely N-dealkylation sites (N-methyl/N-ethyl adjacent to an activating group) is 1. The van der Waals surface area contributed by atoms with Gasteiger partial charge in [0, 0.05) is 19.5 Å². The second kappa shape index (κ2) is 6.66. The number of nitrogens with zero attached hydrogens (tertiary/aromatic N) is 1. The van der Waals surface area contributed by atoms with E-state index in [1.54, 1.807) is 11.9 Å². The molecule has 1 aromatic carbocycles. The Morgan fingerprint density at radius 3 is 2.53 bits per heavy atom. The molecule has 0 fully saturated rings. The highest BCUT2D eigenvalue weighted by Crippen LogP contribution is 2.11. The molecular formula is C15H22N2OS. The maximum Gasteiger partial charge on any atom is 0.226 e. The second-order valence-electron chi connectivity index (χ2n) is 5.17. The maximum atomic E-state index is 12.1. The summed E-state index contributed by atoms with van der Waals surface area (Å²) in [7, 11) is 1.79. The van der Waals surface area contributed by atoms with Gasteiger partial charge in [-0.1, -0.05) is 37.3 Å². The lowest BCUT2D eigenvalue weighted by molar-refractivity contribution is -0.129. The molecule has 2 N–H and O–H groups in total. The Balaban J connectivity index is 2.63. The number of hydrogen-bond donors (Lipinski definition) is 1. The number of aryl methyl sites for hydroxylation is 2. The highest BCUT2D eigenvalue weighted by atomic mass is 32.1. The number of carbonyl (C=O) groups excluding carboxylic acids is 1. The third-order valence-corrected chi connectivity index (χ3v) is 3.79. The molecule has 0 aliphatic rings. The summed E-state index contributed by atoms with van der Waals surface area (Å²) in [5.41, 5.74) is 9.07. The lowest BCUT2D eigenvalue weighted by Crippen LogP contribution is -2.36. The predicted octanol–water partition coefficient (Wildman–Crippen LogP) is 2.23. The molecule has 1 rings (SSSR count). The summed E-state index contributed by atoms with van der Waals surface area (Å²) >= 11 is 4.92. The van der Waals surface area contributed by atoms with Crippen molar-refractivity contribution in [2.75, 3.05) is 13.6 Å².